The molecule has 2 unspecified atom stereocenters. The highest BCUT2D eigenvalue weighted by atomic mass is 31.2. The number of rotatable bonds is 79. The number of phosphoric acid groups is 2. The number of aliphatic hydroxyl groups is 1. The highest BCUT2D eigenvalue weighted by Gasteiger charge is 2.30. The molecule has 0 bridgehead atoms. The predicted molar refractivity (Wildman–Crippen MR) is 400 cm³/mol. The molecule has 0 heterocycles. The normalized spacial score (nSPS) is 13.9. The Morgan fingerprint density at radius 2 is 0.469 bits per heavy atom. The van der Waals surface area contributed by atoms with E-state index in [1.54, 1.807) is 0 Å². The number of hydrogen-bond donors (Lipinski definition) is 3. The van der Waals surface area contributed by atoms with Gasteiger partial charge in [-0.3, -0.25) is 37.3 Å². The van der Waals surface area contributed by atoms with Gasteiger partial charge in [0.15, 0.2) is 12.2 Å². The fraction of sp³-hybridized carbons (Fsp3) is 0.949. The van der Waals surface area contributed by atoms with E-state index < -0.39 is 97.5 Å². The second-order valence-corrected chi connectivity index (χ2v) is 31.8. The Morgan fingerprint density at radius 1 is 0.276 bits per heavy atom. The summed E-state index contributed by atoms with van der Waals surface area (Å²) in [6.45, 7) is 7.25. The second kappa shape index (κ2) is 72.0. The van der Waals surface area contributed by atoms with Crippen LogP contribution in [0.2, 0.25) is 0 Å². The number of aliphatic hydroxyl groups excluding tert-OH is 1. The summed E-state index contributed by atoms with van der Waals surface area (Å²) in [6.07, 6.45) is 62.9. The van der Waals surface area contributed by atoms with Gasteiger partial charge in [-0.25, -0.2) is 9.13 Å². The third-order valence-electron chi connectivity index (χ3n) is 18.5. The van der Waals surface area contributed by atoms with Crippen LogP contribution >= 0.6 is 15.6 Å². The van der Waals surface area contributed by atoms with Crippen molar-refractivity contribution in [1.82, 2.24) is 0 Å². The Labute approximate surface area is 600 Å². The summed E-state index contributed by atoms with van der Waals surface area (Å²) in [6, 6.07) is 0. The van der Waals surface area contributed by atoms with Gasteiger partial charge in [-0.05, 0) is 31.6 Å². The van der Waals surface area contributed by atoms with Crippen molar-refractivity contribution in [2.45, 2.75) is 438 Å². The molecule has 19 heteroatoms. The number of phosphoric ester groups is 2. The van der Waals surface area contributed by atoms with Crippen LogP contribution in [0.15, 0.2) is 0 Å². The fourth-order valence-electron chi connectivity index (χ4n) is 12.2. The van der Waals surface area contributed by atoms with Crippen molar-refractivity contribution < 1.29 is 80.2 Å². The Bertz CT molecular complexity index is 1870. The molecule has 582 valence electrons. The first-order valence-corrected chi connectivity index (χ1v) is 44.1. The van der Waals surface area contributed by atoms with E-state index in [0.29, 0.717) is 25.7 Å². The van der Waals surface area contributed by atoms with Crippen molar-refractivity contribution in [3.8, 4) is 0 Å². The van der Waals surface area contributed by atoms with Crippen molar-refractivity contribution in [3.63, 3.8) is 0 Å². The van der Waals surface area contributed by atoms with Crippen LogP contribution in [0, 0.1) is 5.92 Å². The van der Waals surface area contributed by atoms with E-state index in [4.69, 9.17) is 37.0 Å². The lowest BCUT2D eigenvalue weighted by atomic mass is 10.0. The van der Waals surface area contributed by atoms with E-state index in [1.165, 1.54) is 238 Å². The zero-order valence-electron chi connectivity index (χ0n) is 63.9. The lowest BCUT2D eigenvalue weighted by Gasteiger charge is -2.21. The van der Waals surface area contributed by atoms with E-state index in [2.05, 4.69) is 34.6 Å². The molecule has 0 aromatic heterocycles. The highest BCUT2D eigenvalue weighted by molar-refractivity contribution is 7.47. The topological polar surface area (TPSA) is 237 Å². The monoisotopic (exact) mass is 1440 g/mol. The molecule has 5 atom stereocenters. The molecule has 17 nitrogen and oxygen atoms in total. The molecule has 0 saturated heterocycles. The van der Waals surface area contributed by atoms with Gasteiger partial charge in [0.1, 0.15) is 19.3 Å². The zero-order chi connectivity index (χ0) is 71.9. The van der Waals surface area contributed by atoms with Crippen molar-refractivity contribution in [2.24, 2.45) is 5.92 Å². The third kappa shape index (κ3) is 72.4. The van der Waals surface area contributed by atoms with Crippen LogP contribution in [-0.2, 0) is 65.4 Å². The van der Waals surface area contributed by atoms with Gasteiger partial charge < -0.3 is 33.8 Å². The Morgan fingerprint density at radius 3 is 0.694 bits per heavy atom. The van der Waals surface area contributed by atoms with Gasteiger partial charge in [-0.15, -0.1) is 0 Å². The summed E-state index contributed by atoms with van der Waals surface area (Å²) in [4.78, 5) is 72.6. The SMILES string of the molecule is CCCCCCCCCCCCCCCCCCCCCCCC(=O)O[C@H](COC(=O)CCCCCCCCCCCCCCCCC(C)C)COP(=O)(O)OC[C@@H](O)COP(=O)(O)OC[C@@H](COC(=O)CCCCCCC)OC(=O)CCCCCCCCCCCCCCCCC. The van der Waals surface area contributed by atoms with E-state index >= 15 is 0 Å². The first kappa shape index (κ1) is 96.1. The summed E-state index contributed by atoms with van der Waals surface area (Å²) in [5.41, 5.74) is 0. The van der Waals surface area contributed by atoms with Crippen LogP contribution in [0.4, 0.5) is 0 Å². The van der Waals surface area contributed by atoms with Crippen molar-refractivity contribution in [2.75, 3.05) is 39.6 Å². The average Bonchev–Trinajstić information content (AvgIpc) is 0.965. The number of carbonyl (C=O) groups is 4. The summed E-state index contributed by atoms with van der Waals surface area (Å²) < 4.78 is 68.4. The fourth-order valence-corrected chi connectivity index (χ4v) is 13.8. The van der Waals surface area contributed by atoms with Crippen LogP contribution in [0.25, 0.3) is 0 Å². The van der Waals surface area contributed by atoms with Gasteiger partial charge in [0.05, 0.1) is 26.4 Å². The average molecular weight is 1440 g/mol. The third-order valence-corrected chi connectivity index (χ3v) is 20.4. The summed E-state index contributed by atoms with van der Waals surface area (Å²) >= 11 is 0. The van der Waals surface area contributed by atoms with Crippen LogP contribution in [0.5, 0.6) is 0 Å². The van der Waals surface area contributed by atoms with Crippen LogP contribution < -0.4 is 0 Å². The first-order valence-electron chi connectivity index (χ1n) is 41.1. The number of esters is 4. The van der Waals surface area contributed by atoms with Crippen molar-refractivity contribution in [3.05, 3.63) is 0 Å². The van der Waals surface area contributed by atoms with Gasteiger partial charge in [-0.2, -0.15) is 0 Å². The largest absolute Gasteiger partial charge is 0.472 e. The molecule has 0 aliphatic rings. The molecule has 0 aromatic carbocycles. The van der Waals surface area contributed by atoms with Gasteiger partial charge >= 0.3 is 39.5 Å². The van der Waals surface area contributed by atoms with Gasteiger partial charge in [-0.1, -0.05) is 369 Å². The lowest BCUT2D eigenvalue weighted by Crippen LogP contribution is -2.30. The number of unbranched alkanes of at least 4 members (excludes halogenated alkanes) is 51. The number of ether oxygens (including phenoxy) is 4. The summed E-state index contributed by atoms with van der Waals surface area (Å²) in [5, 5.41) is 10.6. The molecule has 0 spiro atoms. The van der Waals surface area contributed by atoms with Gasteiger partial charge in [0, 0.05) is 25.7 Å². The van der Waals surface area contributed by atoms with Crippen molar-refractivity contribution in [1.29, 1.82) is 0 Å². The molecule has 0 radical (unpaired) electrons. The van der Waals surface area contributed by atoms with Gasteiger partial charge in [0.2, 0.25) is 0 Å². The minimum atomic E-state index is -4.96. The molecule has 0 aromatic rings. The minimum absolute atomic E-state index is 0.108. The summed E-state index contributed by atoms with van der Waals surface area (Å²) in [7, 11) is -9.90. The Kier molecular flexibility index (Phi) is 70.6. The van der Waals surface area contributed by atoms with Crippen LogP contribution in [0.3, 0.4) is 0 Å². The quantitative estimate of drug-likeness (QED) is 0.0222. The summed E-state index contributed by atoms with van der Waals surface area (Å²) in [5.74, 6) is -1.32. The van der Waals surface area contributed by atoms with E-state index in [9.17, 15) is 43.2 Å². The molecular weight excluding hydrogens is 1280 g/mol. The van der Waals surface area contributed by atoms with E-state index in [0.717, 1.165) is 102 Å². The molecule has 3 N–H and O–H groups in total. The standard InChI is InChI=1S/C79H154O17P2/c1-6-9-12-15-17-19-21-23-25-26-27-28-29-30-32-38-42-46-50-55-60-65-79(84)96-75(69-90-77(82)63-58-53-48-44-40-36-34-33-35-39-43-47-52-56-61-72(4)5)71-94-98(87,88)92-67-73(80)66-91-97(85,86)93-70-74(68-89-76(81)62-57-51-14-11-8-3)95-78(83)64-59-54-49-45-41-37-31-24-22-20-18-16-13-10-7-2/h72-75,80H,6-71H2,1-5H3,(H,85,86)(H,87,88)/t73-,74+,75+/m0/s1. The van der Waals surface area contributed by atoms with Crippen LogP contribution in [0.1, 0.15) is 420 Å². The van der Waals surface area contributed by atoms with E-state index in [-0.39, 0.29) is 25.7 Å². The molecule has 0 fully saturated rings. The number of carbonyl (C=O) groups excluding carboxylic acids is 4. The lowest BCUT2D eigenvalue weighted by molar-refractivity contribution is -0.161. The van der Waals surface area contributed by atoms with Crippen molar-refractivity contribution >= 4 is 39.5 Å². The maximum absolute atomic E-state index is 13.1. The Balaban J connectivity index is 5.12. The second-order valence-electron chi connectivity index (χ2n) is 28.9. The molecule has 0 amide bonds. The maximum atomic E-state index is 13.1. The minimum Gasteiger partial charge on any atom is -0.462 e. The zero-order valence-corrected chi connectivity index (χ0v) is 65.7. The molecule has 0 aliphatic carbocycles. The molecule has 0 rings (SSSR count). The molecule has 0 saturated carbocycles. The number of hydrogen-bond acceptors (Lipinski definition) is 15. The molecule has 0 aliphatic heterocycles. The van der Waals surface area contributed by atoms with Gasteiger partial charge in [0.25, 0.3) is 0 Å². The Hall–Kier alpha value is -1.94. The van der Waals surface area contributed by atoms with Crippen LogP contribution in [-0.4, -0.2) is 96.7 Å². The predicted octanol–water partition coefficient (Wildman–Crippen LogP) is 23.6. The maximum Gasteiger partial charge on any atom is 0.472 e. The molecular formula is C79H154O17P2. The first-order chi connectivity index (χ1) is 47.5. The molecule has 98 heavy (non-hydrogen) atoms. The van der Waals surface area contributed by atoms with E-state index in [1.807, 2.05) is 0 Å². The highest BCUT2D eigenvalue weighted by Crippen LogP contribution is 2.45. The smallest absolute Gasteiger partial charge is 0.462 e.